The van der Waals surface area contributed by atoms with Crippen LogP contribution in [0.25, 0.3) is 0 Å². The number of benzene rings is 1. The molecule has 1 atom stereocenters. The van der Waals surface area contributed by atoms with Crippen LogP contribution in [0.2, 0.25) is 0 Å². The maximum atomic E-state index is 12.0. The fourth-order valence-electron chi connectivity index (χ4n) is 2.27. The molecule has 0 aliphatic rings. The number of hydrogen-bond acceptors (Lipinski definition) is 3. The summed E-state index contributed by atoms with van der Waals surface area (Å²) < 4.78 is 29.0. The molecule has 0 amide bonds. The van der Waals surface area contributed by atoms with E-state index in [-0.39, 0.29) is 11.5 Å². The molecule has 0 spiro atoms. The summed E-state index contributed by atoms with van der Waals surface area (Å²) in [5.74, 6) is 0.822. The van der Waals surface area contributed by atoms with E-state index in [1.807, 2.05) is 6.92 Å². The van der Waals surface area contributed by atoms with E-state index in [0.717, 1.165) is 30.7 Å². The third-order valence-electron chi connectivity index (χ3n) is 4.09. The number of aryl methyl sites for hydroxylation is 1. The molecule has 3 nitrogen and oxygen atoms in total. The largest absolute Gasteiger partial charge is 0.296 e. The Morgan fingerprint density at radius 2 is 1.59 bits per heavy atom. The van der Waals surface area contributed by atoms with Crippen molar-refractivity contribution in [2.75, 3.05) is 6.61 Å². The van der Waals surface area contributed by atoms with Crippen molar-refractivity contribution >= 4 is 10.1 Å². The molecule has 0 fully saturated rings. The molecule has 0 aliphatic carbocycles. The van der Waals surface area contributed by atoms with Crippen LogP contribution in [0, 0.1) is 12.8 Å². The fraction of sp³-hybridized carbons (Fsp3) is 0.667. The molecular formula is C18H30O3S. The summed E-state index contributed by atoms with van der Waals surface area (Å²) in [4.78, 5) is 0.242. The molecule has 1 rings (SSSR count). The van der Waals surface area contributed by atoms with Crippen molar-refractivity contribution < 1.29 is 12.6 Å². The smallest absolute Gasteiger partial charge is 0.266 e. The van der Waals surface area contributed by atoms with E-state index in [4.69, 9.17) is 4.18 Å². The van der Waals surface area contributed by atoms with Gasteiger partial charge in [-0.05, 0) is 31.4 Å². The lowest BCUT2D eigenvalue weighted by molar-refractivity contribution is 0.306. The van der Waals surface area contributed by atoms with Crippen LogP contribution in [-0.2, 0) is 14.3 Å². The van der Waals surface area contributed by atoms with Crippen LogP contribution < -0.4 is 0 Å². The Kier molecular flexibility index (Phi) is 8.72. The highest BCUT2D eigenvalue weighted by molar-refractivity contribution is 7.86. The van der Waals surface area contributed by atoms with E-state index in [0.29, 0.717) is 0 Å². The predicted octanol–water partition coefficient (Wildman–Crippen LogP) is 5.09. The normalized spacial score (nSPS) is 13.2. The molecule has 0 aliphatic heterocycles. The summed E-state index contributed by atoms with van der Waals surface area (Å²) in [5, 5.41) is 0. The van der Waals surface area contributed by atoms with Gasteiger partial charge in [0.25, 0.3) is 10.1 Å². The van der Waals surface area contributed by atoms with Gasteiger partial charge in [0.15, 0.2) is 0 Å². The van der Waals surface area contributed by atoms with Crippen molar-refractivity contribution in [3.8, 4) is 0 Å². The Balaban J connectivity index is 2.15. The second kappa shape index (κ2) is 10.0. The molecule has 0 N–H and O–H groups in total. The summed E-state index contributed by atoms with van der Waals surface area (Å²) in [6, 6.07) is 6.76. The van der Waals surface area contributed by atoms with Gasteiger partial charge >= 0.3 is 0 Å². The second-order valence-electron chi connectivity index (χ2n) is 6.16. The van der Waals surface area contributed by atoms with E-state index >= 15 is 0 Å². The minimum absolute atomic E-state index is 0.242. The van der Waals surface area contributed by atoms with Gasteiger partial charge in [-0.2, -0.15) is 8.42 Å². The number of unbranched alkanes of at least 4 members (excludes halogenated alkanes) is 4. The molecule has 1 aromatic rings. The average molecular weight is 327 g/mol. The molecule has 0 heterocycles. The predicted molar refractivity (Wildman–Crippen MR) is 91.5 cm³/mol. The summed E-state index contributed by atoms with van der Waals surface area (Å²) in [7, 11) is -3.59. The first-order valence-electron chi connectivity index (χ1n) is 8.42. The van der Waals surface area contributed by atoms with E-state index in [9.17, 15) is 8.42 Å². The first-order valence-corrected chi connectivity index (χ1v) is 9.82. The second-order valence-corrected chi connectivity index (χ2v) is 7.77. The molecule has 0 saturated heterocycles. The third-order valence-corrected chi connectivity index (χ3v) is 5.41. The van der Waals surface area contributed by atoms with Gasteiger partial charge in [0.2, 0.25) is 0 Å². The molecule has 4 heteroatoms. The molecule has 0 saturated carbocycles. The molecule has 0 bridgehead atoms. The van der Waals surface area contributed by atoms with Crippen molar-refractivity contribution in [3.05, 3.63) is 29.8 Å². The van der Waals surface area contributed by atoms with E-state index in [1.54, 1.807) is 24.3 Å². The lowest BCUT2D eigenvalue weighted by atomic mass is 10.0. The summed E-state index contributed by atoms with van der Waals surface area (Å²) in [6.45, 7) is 6.74. The Morgan fingerprint density at radius 1 is 1.00 bits per heavy atom. The molecule has 126 valence electrons. The standard InChI is InChI=1S/C18H30O3S/c1-4-16(2)10-8-6-5-7-9-15-21-22(19,20)18-13-11-17(3)12-14-18/h11-14,16H,4-10,15H2,1-3H3/t16-/m0/s1. The zero-order valence-corrected chi connectivity index (χ0v) is 15.0. The van der Waals surface area contributed by atoms with E-state index < -0.39 is 10.1 Å². The lowest BCUT2D eigenvalue weighted by Gasteiger charge is -2.08. The quantitative estimate of drug-likeness (QED) is 0.420. The van der Waals surface area contributed by atoms with Crippen molar-refractivity contribution in [2.45, 2.75) is 70.6 Å². The minimum Gasteiger partial charge on any atom is -0.266 e. The first kappa shape index (κ1) is 19.2. The highest BCUT2D eigenvalue weighted by atomic mass is 32.2. The van der Waals surface area contributed by atoms with Gasteiger partial charge in [0.05, 0.1) is 11.5 Å². The fourth-order valence-corrected chi connectivity index (χ4v) is 3.21. The van der Waals surface area contributed by atoms with E-state index in [2.05, 4.69) is 13.8 Å². The molecule has 1 aromatic carbocycles. The van der Waals surface area contributed by atoms with Crippen molar-refractivity contribution in [1.29, 1.82) is 0 Å². The van der Waals surface area contributed by atoms with Gasteiger partial charge in [0.1, 0.15) is 0 Å². The average Bonchev–Trinajstić information content (AvgIpc) is 2.50. The highest BCUT2D eigenvalue weighted by Gasteiger charge is 2.14. The maximum Gasteiger partial charge on any atom is 0.296 e. The topological polar surface area (TPSA) is 43.4 Å². The monoisotopic (exact) mass is 326 g/mol. The first-order chi connectivity index (χ1) is 10.5. The molecule has 0 radical (unpaired) electrons. The van der Waals surface area contributed by atoms with Crippen molar-refractivity contribution in [1.82, 2.24) is 0 Å². The Labute approximate surface area is 136 Å². The molecular weight excluding hydrogens is 296 g/mol. The number of rotatable bonds is 11. The van der Waals surface area contributed by atoms with Gasteiger partial charge in [0, 0.05) is 0 Å². The number of hydrogen-bond donors (Lipinski definition) is 0. The third kappa shape index (κ3) is 7.41. The molecule has 0 unspecified atom stereocenters. The summed E-state index contributed by atoms with van der Waals surface area (Å²) in [6.07, 6.45) is 8.05. The van der Waals surface area contributed by atoms with E-state index in [1.165, 1.54) is 25.7 Å². The van der Waals surface area contributed by atoms with Gasteiger partial charge < -0.3 is 0 Å². The van der Waals surface area contributed by atoms with Crippen LogP contribution in [0.3, 0.4) is 0 Å². The molecule has 0 aromatic heterocycles. The summed E-state index contributed by atoms with van der Waals surface area (Å²) >= 11 is 0. The Bertz CT molecular complexity index is 506. The SMILES string of the molecule is CC[C@H](C)CCCCCCCOS(=O)(=O)c1ccc(C)cc1. The van der Waals surface area contributed by atoms with Gasteiger partial charge in [-0.3, -0.25) is 4.18 Å². The van der Waals surface area contributed by atoms with Crippen LogP contribution >= 0.6 is 0 Å². The van der Waals surface area contributed by atoms with Crippen LogP contribution in [0.4, 0.5) is 0 Å². The molecule has 22 heavy (non-hydrogen) atoms. The van der Waals surface area contributed by atoms with Crippen molar-refractivity contribution in [3.63, 3.8) is 0 Å². The van der Waals surface area contributed by atoms with Crippen LogP contribution in [-0.4, -0.2) is 15.0 Å². The van der Waals surface area contributed by atoms with Crippen molar-refractivity contribution in [2.24, 2.45) is 5.92 Å². The van der Waals surface area contributed by atoms with Crippen LogP contribution in [0.5, 0.6) is 0 Å². The van der Waals surface area contributed by atoms with Gasteiger partial charge in [-0.25, -0.2) is 0 Å². The van der Waals surface area contributed by atoms with Crippen LogP contribution in [0.1, 0.15) is 64.4 Å². The maximum absolute atomic E-state index is 12.0. The van der Waals surface area contributed by atoms with Gasteiger partial charge in [-0.1, -0.05) is 70.1 Å². The Morgan fingerprint density at radius 3 is 2.23 bits per heavy atom. The zero-order valence-electron chi connectivity index (χ0n) is 14.2. The highest BCUT2D eigenvalue weighted by Crippen LogP contribution is 2.15. The minimum atomic E-state index is -3.59. The Hall–Kier alpha value is -0.870. The summed E-state index contributed by atoms with van der Waals surface area (Å²) in [5.41, 5.74) is 1.04. The van der Waals surface area contributed by atoms with Gasteiger partial charge in [-0.15, -0.1) is 0 Å². The lowest BCUT2D eigenvalue weighted by Crippen LogP contribution is -2.07. The zero-order chi connectivity index (χ0) is 16.4. The van der Waals surface area contributed by atoms with Crippen LogP contribution in [0.15, 0.2) is 29.2 Å².